The minimum Gasteiger partial charge on any atom is -0.481 e. The molecule has 1 aliphatic carbocycles. The summed E-state index contributed by atoms with van der Waals surface area (Å²) in [4.78, 5) is 65.9. The smallest absolute Gasteiger partial charge is 0.341 e. The second-order valence-electron chi connectivity index (χ2n) is 11.0. The van der Waals surface area contributed by atoms with Gasteiger partial charge >= 0.3 is 11.9 Å². The van der Waals surface area contributed by atoms with Crippen LogP contribution >= 0.6 is 23.1 Å². The minimum absolute atomic E-state index is 0.0906. The van der Waals surface area contributed by atoms with Gasteiger partial charge in [-0.1, -0.05) is 66.7 Å². The zero-order valence-corrected chi connectivity index (χ0v) is 27.7. The Balaban J connectivity index is 1.39. The summed E-state index contributed by atoms with van der Waals surface area (Å²) >= 11 is 2.21. The summed E-state index contributed by atoms with van der Waals surface area (Å²) < 4.78 is 5.01. The average Bonchev–Trinajstić information content (AvgIpc) is 3.42. The molecule has 3 atom stereocenters. The summed E-state index contributed by atoms with van der Waals surface area (Å²) in [6.07, 6.45) is 4.22. The molecule has 12 heteroatoms. The molecule has 0 saturated heterocycles. The van der Waals surface area contributed by atoms with Gasteiger partial charge in [-0.3, -0.25) is 19.2 Å². The van der Waals surface area contributed by atoms with E-state index in [0.29, 0.717) is 33.8 Å². The molecule has 48 heavy (non-hydrogen) atoms. The molecule has 3 amide bonds. The third-order valence-corrected chi connectivity index (χ3v) is 10.2. The van der Waals surface area contributed by atoms with E-state index in [1.807, 2.05) is 42.5 Å². The van der Waals surface area contributed by atoms with Crippen LogP contribution in [0.3, 0.4) is 0 Å². The number of carboxylic acid groups (broad SMARTS) is 1. The maximum Gasteiger partial charge on any atom is 0.341 e. The van der Waals surface area contributed by atoms with Crippen molar-refractivity contribution in [2.24, 2.45) is 11.8 Å². The van der Waals surface area contributed by atoms with E-state index in [2.05, 4.69) is 16.0 Å². The first-order valence-electron chi connectivity index (χ1n) is 15.1. The highest BCUT2D eigenvalue weighted by molar-refractivity contribution is 8.00. The Kier molecular flexibility index (Phi) is 11.1. The lowest BCUT2D eigenvalue weighted by Crippen LogP contribution is -2.34. The predicted molar refractivity (Wildman–Crippen MR) is 187 cm³/mol. The number of hydrogen-bond acceptors (Lipinski definition) is 8. The molecular formula is C36H33N3O7S2. The molecule has 3 aromatic carbocycles. The number of allylic oxidation sites excluding steroid dienone is 2. The van der Waals surface area contributed by atoms with Gasteiger partial charge in [0.25, 0.3) is 5.91 Å². The lowest BCUT2D eigenvalue weighted by atomic mass is 9.82. The topological polar surface area (TPSA) is 151 Å². The Morgan fingerprint density at radius 2 is 1.48 bits per heavy atom. The molecule has 0 fully saturated rings. The monoisotopic (exact) mass is 683 g/mol. The van der Waals surface area contributed by atoms with E-state index in [4.69, 9.17) is 4.74 Å². The van der Waals surface area contributed by atoms with Gasteiger partial charge in [0.2, 0.25) is 11.8 Å². The van der Waals surface area contributed by atoms with Crippen molar-refractivity contribution in [1.29, 1.82) is 0 Å². The van der Waals surface area contributed by atoms with Gasteiger partial charge in [-0.2, -0.15) is 0 Å². The number of anilines is 3. The third kappa shape index (κ3) is 8.01. The number of thiophene rings is 1. The van der Waals surface area contributed by atoms with Crippen LogP contribution in [0.2, 0.25) is 0 Å². The van der Waals surface area contributed by atoms with Gasteiger partial charge < -0.3 is 25.8 Å². The lowest BCUT2D eigenvalue weighted by molar-refractivity contribution is -0.146. The van der Waals surface area contributed by atoms with Gasteiger partial charge in [0, 0.05) is 16.3 Å². The largest absolute Gasteiger partial charge is 0.481 e. The zero-order valence-electron chi connectivity index (χ0n) is 26.1. The Hall–Kier alpha value is -5.20. The molecular weight excluding hydrogens is 651 g/mol. The van der Waals surface area contributed by atoms with Crippen molar-refractivity contribution in [1.82, 2.24) is 0 Å². The first-order valence-corrected chi connectivity index (χ1v) is 16.7. The number of ether oxygens (including phenoxy) is 1. The minimum atomic E-state index is -1.01. The Morgan fingerprint density at radius 3 is 2.15 bits per heavy atom. The average molecular weight is 684 g/mol. The quantitative estimate of drug-likeness (QED) is 0.0738. The van der Waals surface area contributed by atoms with Crippen LogP contribution in [0.4, 0.5) is 16.4 Å². The fraction of sp³-hybridized carbons (Fsp3) is 0.194. The number of rotatable bonds is 11. The molecule has 1 aromatic heterocycles. The molecule has 3 unspecified atom stereocenters. The number of thioether (sulfide) groups is 1. The van der Waals surface area contributed by atoms with Crippen molar-refractivity contribution < 1.29 is 33.8 Å². The van der Waals surface area contributed by atoms with Gasteiger partial charge in [-0.15, -0.1) is 23.1 Å². The maximum absolute atomic E-state index is 14.0. The van der Waals surface area contributed by atoms with Crippen LogP contribution in [0.1, 0.15) is 49.2 Å². The fourth-order valence-electron chi connectivity index (χ4n) is 5.35. The van der Waals surface area contributed by atoms with E-state index in [1.54, 1.807) is 61.5 Å². The molecule has 0 saturated carbocycles. The van der Waals surface area contributed by atoms with Crippen molar-refractivity contribution in [2.45, 2.75) is 29.9 Å². The van der Waals surface area contributed by atoms with Crippen molar-refractivity contribution >= 4 is 69.1 Å². The molecule has 0 spiro atoms. The zero-order chi connectivity index (χ0) is 34.2. The van der Waals surface area contributed by atoms with Crippen LogP contribution in [-0.4, -0.2) is 41.9 Å². The molecule has 5 rings (SSSR count). The molecule has 0 aliphatic heterocycles. The van der Waals surface area contributed by atoms with E-state index < -0.39 is 40.8 Å². The summed E-state index contributed by atoms with van der Waals surface area (Å²) in [5.74, 6) is -4.48. The summed E-state index contributed by atoms with van der Waals surface area (Å²) in [5, 5.41) is 17.5. The molecule has 10 nitrogen and oxygen atoms in total. The number of aliphatic carboxylic acids is 1. The highest BCUT2D eigenvalue weighted by atomic mass is 32.2. The van der Waals surface area contributed by atoms with Crippen LogP contribution < -0.4 is 16.0 Å². The highest BCUT2D eigenvalue weighted by Crippen LogP contribution is 2.40. The fourth-order valence-corrected chi connectivity index (χ4v) is 7.53. The molecule has 4 N–H and O–H groups in total. The number of benzene rings is 3. The molecule has 246 valence electrons. The number of amides is 3. The Morgan fingerprint density at radius 1 is 0.833 bits per heavy atom. The van der Waals surface area contributed by atoms with Crippen LogP contribution in [0.25, 0.3) is 0 Å². The van der Waals surface area contributed by atoms with E-state index >= 15 is 0 Å². The van der Waals surface area contributed by atoms with Gasteiger partial charge in [0.1, 0.15) is 10.3 Å². The molecule has 0 radical (unpaired) electrons. The SMILES string of the molecule is COC(=O)c1c(NC(=O)C(Sc2cccc(NC(=O)C3CC=CCC3C(=O)O)c2)c2ccccc2)sc(C(=O)Nc2ccccc2)c1C. The molecule has 1 aliphatic rings. The Labute approximate surface area is 285 Å². The number of esters is 1. The second-order valence-corrected chi connectivity index (χ2v) is 13.2. The number of nitrogens with one attached hydrogen (secondary N) is 3. The van der Waals surface area contributed by atoms with Crippen LogP contribution in [0.15, 0.2) is 102 Å². The van der Waals surface area contributed by atoms with Gasteiger partial charge in [-0.05, 0) is 61.2 Å². The van der Waals surface area contributed by atoms with E-state index in [1.165, 1.54) is 18.9 Å². The standard InChI is InChI=1S/C36H33N3O7S2/c1-21-28(36(45)46-2)34(48-29(21)32(41)37-23-14-7-4-8-15-23)39-33(42)30(22-12-5-3-6-13-22)47-25-17-11-16-24(20-25)38-31(40)26-18-9-10-19-27(26)35(43)44/h3-17,20,26-27,30H,18-19H2,1-2H3,(H,37,41)(H,38,40)(H,39,42)(H,43,44). The summed E-state index contributed by atoms with van der Waals surface area (Å²) in [6.45, 7) is 1.63. The number of hydrogen-bond donors (Lipinski definition) is 4. The second kappa shape index (κ2) is 15.6. The number of carboxylic acids is 1. The normalized spacial score (nSPS) is 16.0. The number of methoxy groups -OCH3 is 1. The maximum atomic E-state index is 14.0. The van der Waals surface area contributed by atoms with Crippen LogP contribution in [0, 0.1) is 18.8 Å². The predicted octanol–water partition coefficient (Wildman–Crippen LogP) is 7.17. The van der Waals surface area contributed by atoms with Gasteiger partial charge in [0.05, 0.1) is 29.4 Å². The van der Waals surface area contributed by atoms with Gasteiger partial charge in [-0.25, -0.2) is 4.79 Å². The summed E-state index contributed by atoms with van der Waals surface area (Å²) in [7, 11) is 1.23. The first kappa shape index (κ1) is 34.1. The molecule has 0 bridgehead atoms. The van der Waals surface area contributed by atoms with Crippen molar-refractivity contribution in [2.75, 3.05) is 23.1 Å². The molecule has 4 aromatic rings. The third-order valence-electron chi connectivity index (χ3n) is 7.79. The summed E-state index contributed by atoms with van der Waals surface area (Å²) in [6, 6.07) is 24.9. The van der Waals surface area contributed by atoms with E-state index in [0.717, 1.165) is 11.3 Å². The van der Waals surface area contributed by atoms with Crippen molar-refractivity contribution in [3.8, 4) is 0 Å². The van der Waals surface area contributed by atoms with Crippen LogP contribution in [-0.2, 0) is 19.1 Å². The number of carbonyl (C=O) groups excluding carboxylic acids is 4. The Bertz CT molecular complexity index is 1860. The number of para-hydroxylation sites is 1. The summed E-state index contributed by atoms with van der Waals surface area (Å²) in [5.41, 5.74) is 2.19. The lowest BCUT2D eigenvalue weighted by Gasteiger charge is -2.24. The van der Waals surface area contributed by atoms with Crippen LogP contribution in [0.5, 0.6) is 0 Å². The number of carbonyl (C=O) groups is 5. The first-order chi connectivity index (χ1) is 23.2. The van der Waals surface area contributed by atoms with Crippen molar-refractivity contribution in [3.05, 3.63) is 119 Å². The molecule has 1 heterocycles. The van der Waals surface area contributed by atoms with E-state index in [-0.39, 0.29) is 27.8 Å². The van der Waals surface area contributed by atoms with E-state index in [9.17, 15) is 29.1 Å². The van der Waals surface area contributed by atoms with Gasteiger partial charge in [0.15, 0.2) is 0 Å². The highest BCUT2D eigenvalue weighted by Gasteiger charge is 2.34. The van der Waals surface area contributed by atoms with Crippen molar-refractivity contribution in [3.63, 3.8) is 0 Å².